The van der Waals surface area contributed by atoms with Gasteiger partial charge in [-0.3, -0.25) is 9.69 Å². The summed E-state index contributed by atoms with van der Waals surface area (Å²) in [4.78, 5) is 19.6. The molecule has 2 aromatic carbocycles. The van der Waals surface area contributed by atoms with Crippen LogP contribution < -0.4 is 9.64 Å². The Hall–Kier alpha value is -2.41. The number of ether oxygens (including phenoxy) is 1. The van der Waals surface area contributed by atoms with Gasteiger partial charge in [-0.05, 0) is 24.3 Å². The highest BCUT2D eigenvalue weighted by Crippen LogP contribution is 2.34. The number of nitrogens with one attached hydrogen (secondary N) is 1. The lowest BCUT2D eigenvalue weighted by atomic mass is 10.0. The van der Waals surface area contributed by atoms with Gasteiger partial charge in [0.25, 0.3) is 0 Å². The fourth-order valence-electron chi connectivity index (χ4n) is 3.95. The SMILES string of the molecule is COc1cccc2c([C@@H](C(=O)O)N3CCN(c4ccc(Cl)c(Cl)c4)CC3)c[nH]c12. The molecule has 0 spiro atoms. The molecule has 1 fully saturated rings. The molecule has 4 rings (SSSR count). The number of carboxylic acids is 1. The minimum Gasteiger partial charge on any atom is -0.495 e. The number of fused-ring (bicyclic) bond motifs is 1. The van der Waals surface area contributed by atoms with Crippen molar-refractivity contribution >= 4 is 45.8 Å². The predicted molar refractivity (Wildman–Crippen MR) is 115 cm³/mol. The summed E-state index contributed by atoms with van der Waals surface area (Å²) < 4.78 is 5.39. The number of hydrogen-bond acceptors (Lipinski definition) is 4. The standard InChI is InChI=1S/C21H21Cl2N3O3/c1-29-18-4-2-3-14-15(12-24-19(14)18)20(21(27)28)26-9-7-25(8-10-26)13-5-6-16(22)17(23)11-13/h2-6,11-12,20,24H,7-10H2,1H3,(H,27,28)/t20-/m0/s1. The zero-order valence-corrected chi connectivity index (χ0v) is 17.4. The molecule has 1 aliphatic rings. The summed E-state index contributed by atoms with van der Waals surface area (Å²) in [6.45, 7) is 2.64. The van der Waals surface area contributed by atoms with Crippen molar-refractivity contribution in [2.24, 2.45) is 0 Å². The maximum atomic E-state index is 12.2. The summed E-state index contributed by atoms with van der Waals surface area (Å²) >= 11 is 12.2. The van der Waals surface area contributed by atoms with Crippen molar-refractivity contribution in [3.05, 3.63) is 58.2 Å². The zero-order valence-electron chi connectivity index (χ0n) is 15.9. The summed E-state index contributed by atoms with van der Waals surface area (Å²) in [5.74, 6) is -0.168. The summed E-state index contributed by atoms with van der Waals surface area (Å²) in [6, 6.07) is 10.5. The van der Waals surface area contributed by atoms with E-state index in [1.165, 1.54) is 0 Å². The largest absolute Gasteiger partial charge is 0.495 e. The fraction of sp³-hybridized carbons (Fsp3) is 0.286. The van der Waals surface area contributed by atoms with E-state index in [4.69, 9.17) is 27.9 Å². The highest BCUT2D eigenvalue weighted by molar-refractivity contribution is 6.42. The lowest BCUT2D eigenvalue weighted by molar-refractivity contribution is -0.143. The molecule has 1 aromatic heterocycles. The van der Waals surface area contributed by atoms with E-state index in [0.717, 1.165) is 22.2 Å². The number of para-hydroxylation sites is 1. The van der Waals surface area contributed by atoms with E-state index in [2.05, 4.69) is 9.88 Å². The molecule has 0 aliphatic carbocycles. The number of rotatable bonds is 5. The molecule has 8 heteroatoms. The maximum Gasteiger partial charge on any atom is 0.325 e. The molecular weight excluding hydrogens is 413 g/mol. The van der Waals surface area contributed by atoms with Crippen LogP contribution in [0.4, 0.5) is 5.69 Å². The molecule has 0 bridgehead atoms. The minimum atomic E-state index is -0.864. The van der Waals surface area contributed by atoms with Gasteiger partial charge in [-0.1, -0.05) is 35.3 Å². The zero-order chi connectivity index (χ0) is 20.5. The number of H-pyrrole nitrogens is 1. The number of aromatic amines is 1. The molecule has 1 atom stereocenters. The molecule has 2 N–H and O–H groups in total. The van der Waals surface area contributed by atoms with Crippen molar-refractivity contribution in [3.8, 4) is 5.75 Å². The molecule has 1 saturated heterocycles. The summed E-state index contributed by atoms with van der Waals surface area (Å²) in [5, 5.41) is 11.9. The maximum absolute atomic E-state index is 12.2. The highest BCUT2D eigenvalue weighted by atomic mass is 35.5. The van der Waals surface area contributed by atoms with Crippen LogP contribution >= 0.6 is 23.2 Å². The van der Waals surface area contributed by atoms with Gasteiger partial charge < -0.3 is 19.7 Å². The number of halogens is 2. The Kier molecular flexibility index (Phi) is 5.58. The molecule has 0 amide bonds. The van der Waals surface area contributed by atoms with Gasteiger partial charge in [0.2, 0.25) is 0 Å². The molecule has 1 aliphatic heterocycles. The van der Waals surface area contributed by atoms with Gasteiger partial charge in [0.15, 0.2) is 0 Å². The average molecular weight is 434 g/mol. The molecule has 2 heterocycles. The third kappa shape index (κ3) is 3.75. The van der Waals surface area contributed by atoms with Crippen LogP contribution in [0, 0.1) is 0 Å². The first kappa shape index (κ1) is 19.9. The van der Waals surface area contributed by atoms with E-state index < -0.39 is 12.0 Å². The predicted octanol–water partition coefficient (Wildman–Crippen LogP) is 4.43. The van der Waals surface area contributed by atoms with Crippen LogP contribution in [-0.2, 0) is 4.79 Å². The van der Waals surface area contributed by atoms with Crippen LogP contribution in [0.5, 0.6) is 5.75 Å². The summed E-state index contributed by atoms with van der Waals surface area (Å²) in [6.07, 6.45) is 1.78. The number of piperazine rings is 1. The van der Waals surface area contributed by atoms with Gasteiger partial charge in [0.05, 0.1) is 22.7 Å². The molecule has 0 unspecified atom stereocenters. The second kappa shape index (κ2) is 8.14. The van der Waals surface area contributed by atoms with Crippen molar-refractivity contribution < 1.29 is 14.6 Å². The fourth-order valence-corrected chi connectivity index (χ4v) is 4.24. The van der Waals surface area contributed by atoms with Crippen LogP contribution in [0.2, 0.25) is 10.0 Å². The van der Waals surface area contributed by atoms with Crippen molar-refractivity contribution in [1.29, 1.82) is 0 Å². The Morgan fingerprint density at radius 1 is 1.14 bits per heavy atom. The number of nitrogens with zero attached hydrogens (tertiary/aromatic N) is 2. The van der Waals surface area contributed by atoms with Crippen molar-refractivity contribution in [1.82, 2.24) is 9.88 Å². The minimum absolute atomic E-state index is 0.516. The van der Waals surface area contributed by atoms with Crippen molar-refractivity contribution in [3.63, 3.8) is 0 Å². The third-order valence-electron chi connectivity index (χ3n) is 5.41. The van der Waals surface area contributed by atoms with E-state index >= 15 is 0 Å². The number of benzene rings is 2. The molecule has 0 radical (unpaired) electrons. The molecule has 0 saturated carbocycles. The van der Waals surface area contributed by atoms with Crippen LogP contribution in [0.25, 0.3) is 10.9 Å². The number of hydrogen-bond donors (Lipinski definition) is 2. The lowest BCUT2D eigenvalue weighted by Gasteiger charge is -2.38. The molecule has 3 aromatic rings. The van der Waals surface area contributed by atoms with Crippen LogP contribution in [0.15, 0.2) is 42.6 Å². The lowest BCUT2D eigenvalue weighted by Crippen LogP contribution is -2.49. The second-order valence-corrected chi connectivity index (χ2v) is 7.80. The van der Waals surface area contributed by atoms with E-state index in [9.17, 15) is 9.90 Å². The van der Waals surface area contributed by atoms with Gasteiger partial charge in [-0.25, -0.2) is 0 Å². The second-order valence-electron chi connectivity index (χ2n) is 6.99. The van der Waals surface area contributed by atoms with Crippen molar-refractivity contribution in [2.75, 3.05) is 38.2 Å². The number of aromatic nitrogens is 1. The molecule has 29 heavy (non-hydrogen) atoms. The van der Waals surface area contributed by atoms with Gasteiger partial charge in [0.1, 0.15) is 11.8 Å². The first-order valence-corrected chi connectivity index (χ1v) is 10.1. The number of carboxylic acid groups (broad SMARTS) is 1. The van der Waals surface area contributed by atoms with Gasteiger partial charge in [-0.2, -0.15) is 0 Å². The van der Waals surface area contributed by atoms with Gasteiger partial charge in [-0.15, -0.1) is 0 Å². The summed E-state index contributed by atoms with van der Waals surface area (Å²) in [5.41, 5.74) is 2.54. The van der Waals surface area contributed by atoms with Crippen molar-refractivity contribution in [2.45, 2.75) is 6.04 Å². The summed E-state index contributed by atoms with van der Waals surface area (Å²) in [7, 11) is 1.60. The van der Waals surface area contributed by atoms with Crippen LogP contribution in [0.3, 0.4) is 0 Å². The van der Waals surface area contributed by atoms with E-state index in [1.807, 2.05) is 35.2 Å². The third-order valence-corrected chi connectivity index (χ3v) is 6.14. The Labute approximate surface area is 178 Å². The number of carbonyl (C=O) groups is 1. The van der Waals surface area contributed by atoms with E-state index in [-0.39, 0.29) is 0 Å². The Morgan fingerprint density at radius 3 is 2.55 bits per heavy atom. The first-order valence-electron chi connectivity index (χ1n) is 9.30. The van der Waals surface area contributed by atoms with Gasteiger partial charge in [0, 0.05) is 49.0 Å². The molecule has 6 nitrogen and oxygen atoms in total. The van der Waals surface area contributed by atoms with E-state index in [0.29, 0.717) is 42.0 Å². The van der Waals surface area contributed by atoms with E-state index in [1.54, 1.807) is 19.4 Å². The van der Waals surface area contributed by atoms with Crippen LogP contribution in [0.1, 0.15) is 11.6 Å². The van der Waals surface area contributed by atoms with Gasteiger partial charge >= 0.3 is 5.97 Å². The highest BCUT2D eigenvalue weighted by Gasteiger charge is 2.32. The van der Waals surface area contributed by atoms with Crippen LogP contribution in [-0.4, -0.2) is 54.2 Å². The number of methoxy groups -OCH3 is 1. The normalized spacial score (nSPS) is 16.2. The topological polar surface area (TPSA) is 68.8 Å². The molecule has 152 valence electrons. The number of anilines is 1. The monoisotopic (exact) mass is 433 g/mol. The average Bonchev–Trinajstić information content (AvgIpc) is 3.14. The quantitative estimate of drug-likeness (QED) is 0.622. The smallest absolute Gasteiger partial charge is 0.325 e. The first-order chi connectivity index (χ1) is 14.0. The Bertz CT molecular complexity index is 1040. The Morgan fingerprint density at radius 2 is 1.90 bits per heavy atom. The number of aliphatic carboxylic acids is 1. The Balaban J connectivity index is 1.57. The molecular formula is C21H21Cl2N3O3.